The Hall–Kier alpha value is -3.05. The van der Waals surface area contributed by atoms with Gasteiger partial charge in [0.05, 0.1) is 17.6 Å². The van der Waals surface area contributed by atoms with Gasteiger partial charge in [-0.25, -0.2) is 0 Å². The van der Waals surface area contributed by atoms with Crippen molar-refractivity contribution in [2.45, 2.75) is 68.3 Å². The van der Waals surface area contributed by atoms with E-state index in [4.69, 9.17) is 4.99 Å². The minimum absolute atomic E-state index is 0.0980. The van der Waals surface area contributed by atoms with Gasteiger partial charge in [-0.2, -0.15) is 0 Å². The van der Waals surface area contributed by atoms with Crippen LogP contribution in [0.25, 0.3) is 0 Å². The zero-order chi connectivity index (χ0) is 24.2. The Bertz CT molecular complexity index is 1230. The van der Waals surface area contributed by atoms with Crippen molar-refractivity contribution in [1.29, 1.82) is 0 Å². The highest BCUT2D eigenvalue weighted by Crippen LogP contribution is 2.43. The summed E-state index contributed by atoms with van der Waals surface area (Å²) >= 11 is 1.75. The van der Waals surface area contributed by atoms with Crippen molar-refractivity contribution in [3.8, 4) is 0 Å². The number of anilines is 1. The van der Waals surface area contributed by atoms with Gasteiger partial charge in [-0.1, -0.05) is 68.3 Å². The maximum absolute atomic E-state index is 13.1. The van der Waals surface area contributed by atoms with E-state index in [9.17, 15) is 4.79 Å². The van der Waals surface area contributed by atoms with Crippen LogP contribution in [-0.4, -0.2) is 17.8 Å². The first-order valence-corrected chi connectivity index (χ1v) is 13.6. The van der Waals surface area contributed by atoms with Gasteiger partial charge in [-0.15, -0.1) is 0 Å². The molecule has 5 heteroatoms. The summed E-state index contributed by atoms with van der Waals surface area (Å²) in [5.74, 6) is 0.386. The second-order valence-corrected chi connectivity index (χ2v) is 10.6. The van der Waals surface area contributed by atoms with Crippen molar-refractivity contribution < 1.29 is 4.79 Å². The van der Waals surface area contributed by atoms with Crippen LogP contribution in [0.1, 0.15) is 67.4 Å². The minimum Gasteiger partial charge on any atom is -0.366 e. The zero-order valence-electron chi connectivity index (χ0n) is 20.5. The van der Waals surface area contributed by atoms with Crippen LogP contribution in [0.15, 0.2) is 81.5 Å². The van der Waals surface area contributed by atoms with Gasteiger partial charge in [0.2, 0.25) is 0 Å². The number of carbonyl (C=O) groups excluding carboxylic acids is 1. The molecule has 1 aliphatic carbocycles. The molecule has 1 heterocycles. The third-order valence-electron chi connectivity index (χ3n) is 6.93. The molecule has 0 bridgehead atoms. The molecule has 1 aliphatic heterocycles. The van der Waals surface area contributed by atoms with Gasteiger partial charge >= 0.3 is 0 Å². The van der Waals surface area contributed by atoms with Crippen molar-refractivity contribution in [2.24, 2.45) is 10.9 Å². The first kappa shape index (κ1) is 23.7. The first-order chi connectivity index (χ1) is 17.1. The summed E-state index contributed by atoms with van der Waals surface area (Å²) in [4.78, 5) is 20.7. The number of aliphatic imine (C=N–C) groups is 1. The number of nitrogens with one attached hydrogen (secondary N) is 2. The molecule has 1 fully saturated rings. The van der Waals surface area contributed by atoms with Crippen LogP contribution in [0.4, 0.5) is 11.4 Å². The molecule has 1 unspecified atom stereocenters. The van der Waals surface area contributed by atoms with Crippen LogP contribution < -0.4 is 10.6 Å². The van der Waals surface area contributed by atoms with E-state index >= 15 is 0 Å². The molecule has 0 spiro atoms. The summed E-state index contributed by atoms with van der Waals surface area (Å²) in [5, 5.41) is 6.45. The van der Waals surface area contributed by atoms with Crippen LogP contribution in [0.2, 0.25) is 0 Å². The Labute approximate surface area is 212 Å². The molecule has 2 aliphatic rings. The average molecular weight is 484 g/mol. The Balaban J connectivity index is 1.37. The highest BCUT2D eigenvalue weighted by Gasteiger charge is 2.26. The van der Waals surface area contributed by atoms with Crippen LogP contribution in [0.5, 0.6) is 0 Å². The average Bonchev–Trinajstić information content (AvgIpc) is 3.06. The van der Waals surface area contributed by atoms with E-state index in [1.165, 1.54) is 53.8 Å². The monoisotopic (exact) mass is 483 g/mol. The van der Waals surface area contributed by atoms with E-state index in [0.29, 0.717) is 11.5 Å². The highest BCUT2D eigenvalue weighted by molar-refractivity contribution is 7.99. The lowest BCUT2D eigenvalue weighted by molar-refractivity contribution is 0.0944. The molecule has 4 nitrogen and oxygen atoms in total. The largest absolute Gasteiger partial charge is 0.366 e. The Morgan fingerprint density at radius 2 is 1.77 bits per heavy atom. The second kappa shape index (κ2) is 10.7. The standard InChI is InChI=1S/C30H33N3OS/c1-3-21-13-16-24(17-14-21)31-20(2)32-30(34)23-15-18-28-26(19-23)33-29(22-9-5-4-6-10-22)25-11-7-8-12-27(25)35-28/h7-8,11-20,22,31H,3-6,9-10H2,1-2H3,(H,32,34). The van der Waals surface area contributed by atoms with E-state index < -0.39 is 0 Å². The summed E-state index contributed by atoms with van der Waals surface area (Å²) in [6, 6.07) is 22.8. The summed E-state index contributed by atoms with van der Waals surface area (Å²) in [6.45, 7) is 4.10. The smallest absolute Gasteiger partial charge is 0.252 e. The molecule has 180 valence electrons. The first-order valence-electron chi connectivity index (χ1n) is 12.8. The van der Waals surface area contributed by atoms with Gasteiger partial charge in [-0.05, 0) is 68.1 Å². The normalized spacial score (nSPS) is 16.3. The van der Waals surface area contributed by atoms with Crippen LogP contribution >= 0.6 is 11.8 Å². The molecular weight excluding hydrogens is 450 g/mol. The van der Waals surface area contributed by atoms with Crippen molar-refractivity contribution in [3.63, 3.8) is 0 Å². The number of benzene rings is 3. The molecule has 1 saturated carbocycles. The van der Waals surface area contributed by atoms with Gasteiger partial charge in [-0.3, -0.25) is 9.79 Å². The molecule has 2 N–H and O–H groups in total. The third-order valence-corrected chi connectivity index (χ3v) is 8.07. The topological polar surface area (TPSA) is 53.5 Å². The van der Waals surface area contributed by atoms with E-state index in [0.717, 1.165) is 22.7 Å². The number of hydrogen-bond donors (Lipinski definition) is 2. The number of fused-ring (bicyclic) bond motifs is 2. The fraction of sp³-hybridized carbons (Fsp3) is 0.333. The molecule has 0 aromatic heterocycles. The van der Waals surface area contributed by atoms with Crippen molar-refractivity contribution in [3.05, 3.63) is 83.4 Å². The molecule has 0 radical (unpaired) electrons. The van der Waals surface area contributed by atoms with Crippen molar-refractivity contribution >= 4 is 34.8 Å². The number of amides is 1. The van der Waals surface area contributed by atoms with Crippen LogP contribution in [-0.2, 0) is 6.42 Å². The Morgan fingerprint density at radius 3 is 2.54 bits per heavy atom. The van der Waals surface area contributed by atoms with E-state index in [1.807, 2.05) is 25.1 Å². The number of carbonyl (C=O) groups is 1. The predicted octanol–water partition coefficient (Wildman–Crippen LogP) is 7.60. The SMILES string of the molecule is CCc1ccc(NC(C)NC(=O)c2ccc3c(c2)N=C(C2CCCCC2)c2ccccc2S3)cc1. The molecule has 3 aromatic rings. The second-order valence-electron chi connectivity index (χ2n) is 9.50. The number of aryl methyl sites for hydroxylation is 1. The third kappa shape index (κ3) is 5.46. The van der Waals surface area contributed by atoms with E-state index in [2.05, 4.69) is 66.1 Å². The lowest BCUT2D eigenvalue weighted by Gasteiger charge is -2.24. The van der Waals surface area contributed by atoms with Gasteiger partial charge in [0.1, 0.15) is 0 Å². The highest BCUT2D eigenvalue weighted by atomic mass is 32.2. The van der Waals surface area contributed by atoms with Crippen LogP contribution in [0.3, 0.4) is 0 Å². The van der Waals surface area contributed by atoms with Gasteiger partial charge in [0.25, 0.3) is 5.91 Å². The van der Waals surface area contributed by atoms with Gasteiger partial charge in [0, 0.05) is 32.5 Å². The number of rotatable bonds is 6. The van der Waals surface area contributed by atoms with Crippen LogP contribution in [0, 0.1) is 5.92 Å². The summed E-state index contributed by atoms with van der Waals surface area (Å²) in [5.41, 5.74) is 6.26. The summed E-state index contributed by atoms with van der Waals surface area (Å²) in [7, 11) is 0. The molecule has 35 heavy (non-hydrogen) atoms. The predicted molar refractivity (Wildman–Crippen MR) is 146 cm³/mol. The molecular formula is C30H33N3OS. The quantitative estimate of drug-likeness (QED) is 0.355. The number of nitrogens with zero attached hydrogens (tertiary/aromatic N) is 1. The van der Waals surface area contributed by atoms with Crippen molar-refractivity contribution in [1.82, 2.24) is 5.32 Å². The Morgan fingerprint density at radius 1 is 1.00 bits per heavy atom. The summed E-state index contributed by atoms with van der Waals surface area (Å²) < 4.78 is 0. The lowest BCUT2D eigenvalue weighted by atomic mass is 9.83. The molecule has 5 rings (SSSR count). The lowest BCUT2D eigenvalue weighted by Crippen LogP contribution is -2.38. The molecule has 1 amide bonds. The minimum atomic E-state index is -0.200. The van der Waals surface area contributed by atoms with E-state index in [-0.39, 0.29) is 12.1 Å². The fourth-order valence-corrected chi connectivity index (χ4v) is 6.01. The Kier molecular flexibility index (Phi) is 7.24. The number of hydrogen-bond acceptors (Lipinski definition) is 4. The summed E-state index contributed by atoms with van der Waals surface area (Å²) in [6.07, 6.45) is 7.04. The van der Waals surface area contributed by atoms with Gasteiger partial charge in [0.15, 0.2) is 0 Å². The molecule has 3 aromatic carbocycles. The molecule has 1 atom stereocenters. The maximum atomic E-state index is 13.1. The van der Waals surface area contributed by atoms with Crippen molar-refractivity contribution in [2.75, 3.05) is 5.32 Å². The maximum Gasteiger partial charge on any atom is 0.252 e. The zero-order valence-corrected chi connectivity index (χ0v) is 21.3. The molecule has 0 saturated heterocycles. The van der Waals surface area contributed by atoms with Gasteiger partial charge < -0.3 is 10.6 Å². The fourth-order valence-electron chi connectivity index (χ4n) is 5.00. The van der Waals surface area contributed by atoms with E-state index in [1.54, 1.807) is 11.8 Å².